The number of hydrogen-bond acceptors (Lipinski definition) is 6. The van der Waals surface area contributed by atoms with Crippen molar-refractivity contribution in [2.24, 2.45) is 0 Å². The topological polar surface area (TPSA) is 98.4 Å². The van der Waals surface area contributed by atoms with Crippen molar-refractivity contribution in [2.45, 2.75) is 25.1 Å². The molecule has 1 saturated carbocycles. The molecule has 0 radical (unpaired) electrons. The molecular formula is C19H19FN8. The lowest BCUT2D eigenvalue weighted by Gasteiger charge is -2.17. The Hall–Kier alpha value is -3.49. The zero-order chi connectivity index (χ0) is 19.1. The predicted octanol–water partition coefficient (Wildman–Crippen LogP) is 3.28. The molecule has 0 amide bonds. The number of halogens is 1. The maximum absolute atomic E-state index is 13.2. The van der Waals surface area contributed by atoms with Crippen LogP contribution in [-0.4, -0.2) is 43.4 Å². The number of pyridine rings is 1. The second kappa shape index (κ2) is 6.59. The van der Waals surface area contributed by atoms with Crippen LogP contribution < -0.4 is 10.2 Å². The molecule has 4 aromatic rings. The molecule has 4 aromatic heterocycles. The van der Waals surface area contributed by atoms with Gasteiger partial charge in [-0.25, -0.2) is 14.4 Å². The van der Waals surface area contributed by atoms with Gasteiger partial charge in [0.2, 0.25) is 5.95 Å². The molecule has 1 fully saturated rings. The van der Waals surface area contributed by atoms with Crippen LogP contribution in [0.1, 0.15) is 23.7 Å². The normalized spacial score (nSPS) is 18.4. The number of nitrogens with zero attached hydrogens (tertiary/aromatic N) is 5. The van der Waals surface area contributed by atoms with Crippen LogP contribution in [0.25, 0.3) is 11.0 Å². The van der Waals surface area contributed by atoms with Crippen LogP contribution in [0, 0.1) is 0 Å². The van der Waals surface area contributed by atoms with Crippen LogP contribution in [0.5, 0.6) is 0 Å². The van der Waals surface area contributed by atoms with Gasteiger partial charge in [-0.3, -0.25) is 5.10 Å². The minimum absolute atomic E-state index is 0.0555. The van der Waals surface area contributed by atoms with Crippen molar-refractivity contribution in [3.8, 4) is 0 Å². The molecule has 3 N–H and O–H groups in total. The zero-order valence-corrected chi connectivity index (χ0v) is 15.2. The Morgan fingerprint density at radius 1 is 1.21 bits per heavy atom. The minimum atomic E-state index is -0.758. The second-order valence-electron chi connectivity index (χ2n) is 7.00. The average molecular weight is 378 g/mol. The van der Waals surface area contributed by atoms with E-state index in [9.17, 15) is 4.39 Å². The Kier molecular flexibility index (Phi) is 3.92. The fourth-order valence-electron chi connectivity index (χ4n) is 3.19. The number of aromatic nitrogens is 6. The Balaban J connectivity index is 1.29. The molecule has 2 atom stereocenters. The van der Waals surface area contributed by atoms with Crippen molar-refractivity contribution in [1.29, 1.82) is 0 Å². The van der Waals surface area contributed by atoms with Gasteiger partial charge < -0.3 is 15.2 Å². The van der Waals surface area contributed by atoms with E-state index in [2.05, 4.69) is 35.5 Å². The van der Waals surface area contributed by atoms with Gasteiger partial charge in [-0.2, -0.15) is 10.1 Å². The van der Waals surface area contributed by atoms with E-state index >= 15 is 0 Å². The lowest BCUT2D eigenvalue weighted by molar-refractivity contribution is 0.466. The molecule has 0 saturated heterocycles. The molecule has 1 aliphatic carbocycles. The van der Waals surface area contributed by atoms with Gasteiger partial charge >= 0.3 is 0 Å². The van der Waals surface area contributed by atoms with E-state index in [-0.39, 0.29) is 5.92 Å². The quantitative estimate of drug-likeness (QED) is 0.476. The Bertz CT molecular complexity index is 1120. The Labute approximate surface area is 160 Å². The molecule has 0 aromatic carbocycles. The summed E-state index contributed by atoms with van der Waals surface area (Å²) in [5, 5.41) is 10.2. The van der Waals surface area contributed by atoms with Gasteiger partial charge in [0, 0.05) is 37.1 Å². The van der Waals surface area contributed by atoms with Crippen LogP contribution in [0.15, 0.2) is 42.7 Å². The molecule has 142 valence electrons. The Morgan fingerprint density at radius 2 is 2.11 bits per heavy atom. The summed E-state index contributed by atoms with van der Waals surface area (Å²) < 4.78 is 13.2. The van der Waals surface area contributed by atoms with E-state index in [1.54, 1.807) is 12.3 Å². The molecular weight excluding hydrogens is 359 g/mol. The van der Waals surface area contributed by atoms with Crippen molar-refractivity contribution in [2.75, 3.05) is 17.3 Å². The molecule has 5 rings (SSSR count). The third-order valence-corrected chi connectivity index (χ3v) is 4.81. The van der Waals surface area contributed by atoms with E-state index in [0.29, 0.717) is 30.5 Å². The average Bonchev–Trinajstić information content (AvgIpc) is 3.09. The summed E-state index contributed by atoms with van der Waals surface area (Å²) in [5.41, 5.74) is 3.69. The number of hydrogen-bond donors (Lipinski definition) is 3. The number of anilines is 3. The maximum Gasteiger partial charge on any atom is 0.227 e. The third-order valence-electron chi connectivity index (χ3n) is 4.81. The number of rotatable bonds is 6. The zero-order valence-electron chi connectivity index (χ0n) is 15.2. The van der Waals surface area contributed by atoms with Crippen molar-refractivity contribution in [3.05, 3.63) is 54.1 Å². The highest BCUT2D eigenvalue weighted by atomic mass is 19.1. The van der Waals surface area contributed by atoms with E-state index in [0.717, 1.165) is 22.4 Å². The predicted molar refractivity (Wildman–Crippen MR) is 104 cm³/mol. The first-order valence-corrected chi connectivity index (χ1v) is 9.09. The van der Waals surface area contributed by atoms with Gasteiger partial charge in [-0.15, -0.1) is 0 Å². The van der Waals surface area contributed by atoms with Gasteiger partial charge in [0.05, 0.1) is 23.3 Å². The first kappa shape index (κ1) is 16.7. The summed E-state index contributed by atoms with van der Waals surface area (Å²) in [6.07, 6.45) is 3.37. The third kappa shape index (κ3) is 3.26. The summed E-state index contributed by atoms with van der Waals surface area (Å²) >= 11 is 0. The maximum atomic E-state index is 13.2. The lowest BCUT2D eigenvalue weighted by atomic mass is 10.3. The van der Waals surface area contributed by atoms with Crippen LogP contribution in [-0.2, 0) is 6.54 Å². The number of aromatic amines is 2. The smallest absolute Gasteiger partial charge is 0.227 e. The van der Waals surface area contributed by atoms with Gasteiger partial charge in [0.25, 0.3) is 0 Å². The number of H-pyrrole nitrogens is 2. The fraction of sp³-hybridized carbons (Fsp3) is 0.263. The SMILES string of the molecule is CN(Cc1ccc2[nH]ccc2n1)c1nccc(Nc2cc(C3CC3F)[nH]n2)n1. The Morgan fingerprint density at radius 3 is 2.96 bits per heavy atom. The molecule has 4 heterocycles. The summed E-state index contributed by atoms with van der Waals surface area (Å²) in [5.74, 6) is 1.75. The molecule has 0 spiro atoms. The monoisotopic (exact) mass is 378 g/mol. The highest BCUT2D eigenvalue weighted by molar-refractivity contribution is 5.74. The largest absolute Gasteiger partial charge is 0.360 e. The summed E-state index contributed by atoms with van der Waals surface area (Å²) in [7, 11) is 1.92. The lowest BCUT2D eigenvalue weighted by Crippen LogP contribution is -2.20. The van der Waals surface area contributed by atoms with Crippen LogP contribution in [0.4, 0.5) is 22.0 Å². The van der Waals surface area contributed by atoms with Crippen LogP contribution in [0.2, 0.25) is 0 Å². The molecule has 0 aliphatic heterocycles. The van der Waals surface area contributed by atoms with Gasteiger partial charge in [0.15, 0.2) is 5.82 Å². The summed E-state index contributed by atoms with van der Waals surface area (Å²) in [6, 6.07) is 9.54. The number of alkyl halides is 1. The first-order chi connectivity index (χ1) is 13.7. The van der Waals surface area contributed by atoms with Crippen molar-refractivity contribution >= 4 is 28.6 Å². The van der Waals surface area contributed by atoms with E-state index < -0.39 is 6.17 Å². The molecule has 2 unspecified atom stereocenters. The van der Waals surface area contributed by atoms with Crippen LogP contribution in [0.3, 0.4) is 0 Å². The molecule has 9 heteroatoms. The summed E-state index contributed by atoms with van der Waals surface area (Å²) in [4.78, 5) is 18.6. The fourth-order valence-corrected chi connectivity index (χ4v) is 3.19. The van der Waals surface area contributed by atoms with Gasteiger partial charge in [-0.05, 0) is 30.7 Å². The first-order valence-electron chi connectivity index (χ1n) is 9.09. The van der Waals surface area contributed by atoms with Crippen LogP contribution >= 0.6 is 0 Å². The minimum Gasteiger partial charge on any atom is -0.360 e. The van der Waals surface area contributed by atoms with E-state index in [1.807, 2.05) is 42.4 Å². The van der Waals surface area contributed by atoms with Crippen molar-refractivity contribution < 1.29 is 4.39 Å². The van der Waals surface area contributed by atoms with Gasteiger partial charge in [0.1, 0.15) is 12.0 Å². The second-order valence-corrected chi connectivity index (χ2v) is 7.00. The van der Waals surface area contributed by atoms with Crippen molar-refractivity contribution in [3.63, 3.8) is 0 Å². The van der Waals surface area contributed by atoms with Crippen molar-refractivity contribution in [1.82, 2.24) is 30.1 Å². The van der Waals surface area contributed by atoms with Gasteiger partial charge in [-0.1, -0.05) is 0 Å². The number of nitrogens with one attached hydrogen (secondary N) is 3. The number of fused-ring (bicyclic) bond motifs is 1. The summed E-state index contributed by atoms with van der Waals surface area (Å²) in [6.45, 7) is 0.580. The molecule has 28 heavy (non-hydrogen) atoms. The highest BCUT2D eigenvalue weighted by Crippen LogP contribution is 2.43. The van der Waals surface area contributed by atoms with E-state index in [4.69, 9.17) is 0 Å². The standard InChI is InChI=1S/C19H19FN8/c1-28(10-11-2-3-14-15(23-11)4-6-21-14)19-22-7-5-17(25-19)24-18-9-16(26-27-18)12-8-13(12)20/h2-7,9,12-13,21H,8,10H2,1H3,(H2,22,24,25,26,27). The van der Waals surface area contributed by atoms with E-state index in [1.165, 1.54) is 0 Å². The molecule has 8 nitrogen and oxygen atoms in total. The highest BCUT2D eigenvalue weighted by Gasteiger charge is 2.40. The molecule has 1 aliphatic rings. The molecule has 0 bridgehead atoms.